The summed E-state index contributed by atoms with van der Waals surface area (Å²) in [6.07, 6.45) is 12.2. The number of hydrogen-bond acceptors (Lipinski definition) is 4. The Morgan fingerprint density at radius 3 is 2.72 bits per heavy atom. The number of aliphatic carboxylic acids is 1. The molecule has 1 rings (SSSR count). The summed E-state index contributed by atoms with van der Waals surface area (Å²) >= 11 is 0. The minimum atomic E-state index is -0.876. The number of aliphatic hydroxyl groups is 2. The second kappa shape index (κ2) is 12.0. The van der Waals surface area contributed by atoms with Crippen molar-refractivity contribution >= 4 is 11.8 Å². The molecule has 4 atom stereocenters. The average Bonchev–Trinajstić information content (AvgIpc) is 2.82. The van der Waals surface area contributed by atoms with Crippen molar-refractivity contribution in [1.82, 2.24) is 0 Å². The number of allylic oxidation sites excluding steroid dienone is 1. The summed E-state index contributed by atoms with van der Waals surface area (Å²) < 4.78 is 0. The molecule has 0 saturated heterocycles. The average molecular weight is 352 g/mol. The molecule has 0 aliphatic heterocycles. The summed E-state index contributed by atoms with van der Waals surface area (Å²) in [6, 6.07) is 0. The maximum absolute atomic E-state index is 12.0. The molecule has 5 heteroatoms. The van der Waals surface area contributed by atoms with Gasteiger partial charge in [-0.05, 0) is 32.1 Å². The van der Waals surface area contributed by atoms with Crippen LogP contribution in [0.2, 0.25) is 0 Å². The van der Waals surface area contributed by atoms with Crippen molar-refractivity contribution in [1.29, 1.82) is 0 Å². The molecule has 3 N–H and O–H groups in total. The van der Waals surface area contributed by atoms with Crippen LogP contribution in [0.1, 0.15) is 64.7 Å². The Balaban J connectivity index is 2.45. The number of Topliss-reactive ketones (excluding diaryl/α,β-unsaturated/α-hetero) is 1. The molecule has 0 spiro atoms. The molecule has 0 amide bonds. The van der Waals surface area contributed by atoms with Crippen LogP contribution in [-0.4, -0.2) is 39.3 Å². The molecule has 0 aromatic carbocycles. The summed E-state index contributed by atoms with van der Waals surface area (Å²) in [5.41, 5.74) is 0. The van der Waals surface area contributed by atoms with Gasteiger partial charge in [-0.15, -0.1) is 0 Å². The maximum atomic E-state index is 12.0. The third kappa shape index (κ3) is 8.45. The highest BCUT2D eigenvalue weighted by Gasteiger charge is 2.39. The fraction of sp³-hybridized carbons (Fsp3) is 0.700. The van der Waals surface area contributed by atoms with Crippen molar-refractivity contribution in [3.8, 4) is 0 Å². The van der Waals surface area contributed by atoms with Crippen molar-refractivity contribution in [2.75, 3.05) is 0 Å². The molecular formula is C20H32O5. The van der Waals surface area contributed by atoms with Crippen LogP contribution in [0, 0.1) is 11.8 Å². The van der Waals surface area contributed by atoms with E-state index in [9.17, 15) is 19.8 Å². The van der Waals surface area contributed by atoms with Crippen LogP contribution < -0.4 is 0 Å². The topological polar surface area (TPSA) is 94.8 Å². The van der Waals surface area contributed by atoms with Crippen molar-refractivity contribution < 1.29 is 24.9 Å². The molecule has 142 valence electrons. The van der Waals surface area contributed by atoms with E-state index < -0.39 is 18.2 Å². The largest absolute Gasteiger partial charge is 0.481 e. The number of carbonyl (C=O) groups is 2. The molecule has 0 unspecified atom stereocenters. The van der Waals surface area contributed by atoms with Crippen molar-refractivity contribution in [2.24, 2.45) is 11.8 Å². The van der Waals surface area contributed by atoms with E-state index in [2.05, 4.69) is 13.0 Å². The zero-order valence-corrected chi connectivity index (χ0v) is 15.1. The first-order valence-electron chi connectivity index (χ1n) is 9.39. The van der Waals surface area contributed by atoms with Crippen LogP contribution in [0.25, 0.3) is 0 Å². The lowest BCUT2D eigenvalue weighted by atomic mass is 9.89. The zero-order valence-electron chi connectivity index (χ0n) is 15.1. The Kier molecular flexibility index (Phi) is 10.3. The van der Waals surface area contributed by atoms with Crippen LogP contribution in [0.15, 0.2) is 24.3 Å². The van der Waals surface area contributed by atoms with Gasteiger partial charge in [-0.2, -0.15) is 0 Å². The molecule has 25 heavy (non-hydrogen) atoms. The van der Waals surface area contributed by atoms with E-state index in [1.54, 1.807) is 12.2 Å². The van der Waals surface area contributed by atoms with Gasteiger partial charge < -0.3 is 15.3 Å². The molecule has 0 aromatic rings. The Labute approximate surface area is 150 Å². The van der Waals surface area contributed by atoms with Gasteiger partial charge in [-0.25, -0.2) is 0 Å². The fourth-order valence-corrected chi connectivity index (χ4v) is 3.27. The van der Waals surface area contributed by atoms with Crippen LogP contribution in [-0.2, 0) is 9.59 Å². The Hall–Kier alpha value is -1.46. The van der Waals surface area contributed by atoms with Gasteiger partial charge in [-0.1, -0.05) is 44.1 Å². The lowest BCUT2D eigenvalue weighted by Gasteiger charge is -2.17. The van der Waals surface area contributed by atoms with Crippen LogP contribution in [0.5, 0.6) is 0 Å². The minimum Gasteiger partial charge on any atom is -0.481 e. The lowest BCUT2D eigenvalue weighted by molar-refractivity contribution is -0.137. The van der Waals surface area contributed by atoms with Crippen molar-refractivity contribution in [2.45, 2.75) is 76.9 Å². The smallest absolute Gasteiger partial charge is 0.303 e. The standard InChI is InChI=1S/C20H32O5/c1-2-3-4-5-6-7-9-15(21)12-13-17-16(10-8-11-20(24)25)18(22)14-19(17)23/h6-7,12-13,15-17,19,21,23H,2-5,8-11,14H2,1H3,(H,24,25)/b7-6-,13-12+/t15-,16-,17+,19+/m1/s1. The first kappa shape index (κ1) is 21.6. The highest BCUT2D eigenvalue weighted by atomic mass is 16.4. The highest BCUT2D eigenvalue weighted by Crippen LogP contribution is 2.34. The second-order valence-corrected chi connectivity index (χ2v) is 6.86. The molecule has 0 aromatic heterocycles. The van der Waals surface area contributed by atoms with Gasteiger partial charge >= 0.3 is 5.97 Å². The summed E-state index contributed by atoms with van der Waals surface area (Å²) in [6.45, 7) is 2.16. The molecule has 1 aliphatic rings. The SMILES string of the molecule is CCCCC/C=C\C[C@@H](O)/C=C/[C@@H]1[C@@H](O)CC(=O)[C@@H]1CCCC(=O)O. The molecular weight excluding hydrogens is 320 g/mol. The molecule has 0 radical (unpaired) electrons. The molecule has 0 bridgehead atoms. The highest BCUT2D eigenvalue weighted by molar-refractivity contribution is 5.84. The normalized spacial score (nSPS) is 25.2. The Morgan fingerprint density at radius 1 is 1.28 bits per heavy atom. The van der Waals surface area contributed by atoms with Crippen LogP contribution >= 0.6 is 0 Å². The number of carbonyl (C=O) groups excluding carboxylic acids is 1. The van der Waals surface area contributed by atoms with E-state index in [4.69, 9.17) is 5.11 Å². The van der Waals surface area contributed by atoms with E-state index in [-0.39, 0.29) is 30.5 Å². The summed E-state index contributed by atoms with van der Waals surface area (Å²) in [4.78, 5) is 22.6. The molecule has 5 nitrogen and oxygen atoms in total. The lowest BCUT2D eigenvalue weighted by Crippen LogP contribution is -2.19. The van der Waals surface area contributed by atoms with Gasteiger partial charge in [0.1, 0.15) is 5.78 Å². The van der Waals surface area contributed by atoms with Crippen LogP contribution in [0.3, 0.4) is 0 Å². The summed E-state index contributed by atoms with van der Waals surface area (Å²) in [5, 5.41) is 28.8. The van der Waals surface area contributed by atoms with Gasteiger partial charge in [0.15, 0.2) is 0 Å². The first-order chi connectivity index (χ1) is 12.0. The van der Waals surface area contributed by atoms with Gasteiger partial charge in [0.2, 0.25) is 0 Å². The Morgan fingerprint density at radius 2 is 2.04 bits per heavy atom. The molecule has 1 saturated carbocycles. The van der Waals surface area contributed by atoms with Crippen molar-refractivity contribution in [3.05, 3.63) is 24.3 Å². The maximum Gasteiger partial charge on any atom is 0.303 e. The second-order valence-electron chi connectivity index (χ2n) is 6.86. The van der Waals surface area contributed by atoms with Crippen LogP contribution in [0.4, 0.5) is 0 Å². The summed E-state index contributed by atoms with van der Waals surface area (Å²) in [5.74, 6) is -1.57. The van der Waals surface area contributed by atoms with Gasteiger partial charge in [-0.3, -0.25) is 9.59 Å². The number of hydrogen-bond donors (Lipinski definition) is 3. The quantitative estimate of drug-likeness (QED) is 0.370. The van der Waals surface area contributed by atoms with E-state index in [1.807, 2.05) is 6.08 Å². The minimum absolute atomic E-state index is 0.0159. The fourth-order valence-electron chi connectivity index (χ4n) is 3.27. The predicted octanol–water partition coefficient (Wildman–Crippen LogP) is 3.25. The monoisotopic (exact) mass is 352 g/mol. The number of rotatable bonds is 12. The van der Waals surface area contributed by atoms with Gasteiger partial charge in [0.25, 0.3) is 0 Å². The number of carboxylic acids is 1. The molecule has 1 aliphatic carbocycles. The van der Waals surface area contributed by atoms with Crippen molar-refractivity contribution in [3.63, 3.8) is 0 Å². The molecule has 1 fully saturated rings. The number of carboxylic acid groups (broad SMARTS) is 1. The number of unbranched alkanes of at least 4 members (excludes halogenated alkanes) is 3. The van der Waals surface area contributed by atoms with E-state index in [0.717, 1.165) is 12.8 Å². The third-order valence-electron chi connectivity index (χ3n) is 4.71. The Bertz CT molecular complexity index is 469. The van der Waals surface area contributed by atoms with Gasteiger partial charge in [0.05, 0.1) is 12.2 Å². The number of aliphatic hydroxyl groups excluding tert-OH is 2. The summed E-state index contributed by atoms with van der Waals surface area (Å²) in [7, 11) is 0. The van der Waals surface area contributed by atoms with E-state index in [1.165, 1.54) is 12.8 Å². The predicted molar refractivity (Wildman–Crippen MR) is 97.1 cm³/mol. The van der Waals surface area contributed by atoms with E-state index >= 15 is 0 Å². The first-order valence-corrected chi connectivity index (χ1v) is 9.39. The number of ketones is 1. The van der Waals surface area contributed by atoms with E-state index in [0.29, 0.717) is 19.3 Å². The third-order valence-corrected chi connectivity index (χ3v) is 4.71. The molecule has 0 heterocycles. The van der Waals surface area contributed by atoms with Gasteiger partial charge in [0, 0.05) is 24.7 Å². The zero-order chi connectivity index (χ0) is 18.7.